The zero-order valence-corrected chi connectivity index (χ0v) is 24.3. The first-order valence-electron chi connectivity index (χ1n) is 12.8. The summed E-state index contributed by atoms with van der Waals surface area (Å²) in [6, 6.07) is 4.61. The lowest BCUT2D eigenvalue weighted by Gasteiger charge is -2.59. The maximum atomic E-state index is 11.9. The maximum Gasteiger partial charge on any atom is 0.216 e. The molecule has 32 heavy (non-hydrogen) atoms. The molecule has 0 heterocycles. The molecule has 0 N–H and O–H groups in total. The number of fused-ring (bicyclic) bond motifs is 1. The molecule has 2 bridgehead atoms. The molecule has 0 aromatic heterocycles. The van der Waals surface area contributed by atoms with Gasteiger partial charge < -0.3 is 8.85 Å². The van der Waals surface area contributed by atoms with Gasteiger partial charge in [-0.2, -0.15) is 0 Å². The Morgan fingerprint density at radius 1 is 1.09 bits per heavy atom. The van der Waals surface area contributed by atoms with Crippen molar-refractivity contribution in [3.63, 3.8) is 0 Å². The predicted octanol–water partition coefficient (Wildman–Crippen LogP) is 5.84. The van der Waals surface area contributed by atoms with E-state index >= 15 is 0 Å². The van der Waals surface area contributed by atoms with Crippen LogP contribution in [0.1, 0.15) is 90.2 Å². The SMILES string of the molecule is CCCCCCC(C)(C)c1cc(O[SiH2]C)c([C@H]2C=C(C=O)[C@H]3CC2C3(C)C)c(O[SiH2]C)c1. The lowest BCUT2D eigenvalue weighted by Crippen LogP contribution is -2.51. The molecular weight excluding hydrogens is 428 g/mol. The molecule has 3 nitrogen and oxygen atoms in total. The largest absolute Gasteiger partial charge is 0.549 e. The Bertz CT molecular complexity index is 816. The second-order valence-corrected chi connectivity index (χ2v) is 12.7. The fourth-order valence-corrected chi connectivity index (χ4v) is 7.09. The van der Waals surface area contributed by atoms with Crippen molar-refractivity contribution >= 4 is 25.8 Å². The molecule has 1 saturated carbocycles. The number of allylic oxidation sites excluding steroid dienone is 2. The van der Waals surface area contributed by atoms with Gasteiger partial charge in [-0.1, -0.05) is 66.4 Å². The predicted molar refractivity (Wildman–Crippen MR) is 141 cm³/mol. The Labute approximate surface area is 200 Å². The van der Waals surface area contributed by atoms with Gasteiger partial charge in [0.25, 0.3) is 0 Å². The average molecular weight is 473 g/mol. The number of carbonyl (C=O) groups excluding carboxylic acids is 1. The van der Waals surface area contributed by atoms with Crippen molar-refractivity contribution in [3.8, 4) is 11.5 Å². The summed E-state index contributed by atoms with van der Waals surface area (Å²) in [6.07, 6.45) is 10.7. The van der Waals surface area contributed by atoms with Crippen molar-refractivity contribution in [2.45, 2.75) is 97.6 Å². The summed E-state index contributed by atoms with van der Waals surface area (Å²) in [6.45, 7) is 16.0. The highest BCUT2D eigenvalue weighted by molar-refractivity contribution is 6.26. The Hall–Kier alpha value is -1.34. The normalized spacial score (nSPS) is 24.6. The van der Waals surface area contributed by atoms with E-state index in [4.69, 9.17) is 8.85 Å². The molecule has 0 radical (unpaired) electrons. The Morgan fingerprint density at radius 3 is 2.22 bits per heavy atom. The van der Waals surface area contributed by atoms with Crippen LogP contribution in [-0.4, -0.2) is 25.8 Å². The van der Waals surface area contributed by atoms with Crippen molar-refractivity contribution < 1.29 is 13.6 Å². The number of benzene rings is 1. The van der Waals surface area contributed by atoms with Crippen molar-refractivity contribution in [2.24, 2.45) is 17.3 Å². The van der Waals surface area contributed by atoms with Gasteiger partial charge in [0, 0.05) is 11.5 Å². The number of unbranched alkanes of at least 4 members (excludes halogenated alkanes) is 3. The molecule has 1 aromatic carbocycles. The number of rotatable bonds is 12. The third kappa shape index (κ3) is 4.79. The minimum absolute atomic E-state index is 0.0876. The highest BCUT2D eigenvalue weighted by atomic mass is 28.2. The summed E-state index contributed by atoms with van der Waals surface area (Å²) in [5.41, 5.74) is 3.74. The van der Waals surface area contributed by atoms with Crippen LogP contribution in [0.5, 0.6) is 11.5 Å². The van der Waals surface area contributed by atoms with Crippen molar-refractivity contribution in [1.29, 1.82) is 0 Å². The molecule has 0 spiro atoms. The van der Waals surface area contributed by atoms with E-state index in [1.807, 2.05) is 0 Å². The third-order valence-electron chi connectivity index (χ3n) is 8.16. The van der Waals surface area contributed by atoms with Crippen LogP contribution in [0.25, 0.3) is 0 Å². The van der Waals surface area contributed by atoms with Crippen LogP contribution in [0.15, 0.2) is 23.8 Å². The molecular formula is C27H44O3Si2. The lowest BCUT2D eigenvalue weighted by atomic mass is 9.45. The number of hydrogen-bond acceptors (Lipinski definition) is 3. The van der Waals surface area contributed by atoms with Crippen LogP contribution in [0.4, 0.5) is 0 Å². The fourth-order valence-electron chi connectivity index (χ4n) is 5.99. The van der Waals surface area contributed by atoms with E-state index in [-0.39, 0.29) is 16.7 Å². The molecule has 0 saturated heterocycles. The smallest absolute Gasteiger partial charge is 0.216 e. The van der Waals surface area contributed by atoms with Gasteiger partial charge in [-0.3, -0.25) is 4.79 Å². The molecule has 0 amide bonds. The van der Waals surface area contributed by atoms with E-state index in [1.54, 1.807) is 0 Å². The highest BCUT2D eigenvalue weighted by Gasteiger charge is 2.56. The standard InChI is InChI=1S/C27H44O3Si2/c1-8-9-10-11-12-26(2,3)19-14-23(29-31-6)25(24(15-19)30-32-7)20-13-18(17-28)21-16-22(20)27(21,4)5/h13-15,17,20-22H,8-12,16,31-32H2,1-7H3/t20-,21+,22?/m0/s1. The van der Waals surface area contributed by atoms with Crippen LogP contribution in [0.3, 0.4) is 0 Å². The molecule has 178 valence electrons. The topological polar surface area (TPSA) is 35.5 Å². The zero-order valence-electron chi connectivity index (χ0n) is 21.4. The van der Waals surface area contributed by atoms with Crippen LogP contribution < -0.4 is 8.85 Å². The molecule has 4 rings (SSSR count). The van der Waals surface area contributed by atoms with Crippen molar-refractivity contribution in [3.05, 3.63) is 34.9 Å². The number of hydrogen-bond donors (Lipinski definition) is 0. The summed E-state index contributed by atoms with van der Waals surface area (Å²) in [5.74, 6) is 3.16. The fraction of sp³-hybridized carbons (Fsp3) is 0.667. The van der Waals surface area contributed by atoms with E-state index in [2.05, 4.69) is 65.9 Å². The summed E-state index contributed by atoms with van der Waals surface area (Å²) in [4.78, 5) is 11.9. The van der Waals surface area contributed by atoms with Crippen LogP contribution in [-0.2, 0) is 10.2 Å². The Balaban J connectivity index is 2.05. The van der Waals surface area contributed by atoms with Crippen LogP contribution in [0, 0.1) is 17.3 Å². The quantitative estimate of drug-likeness (QED) is 0.218. The first kappa shape index (κ1) is 25.3. The van der Waals surface area contributed by atoms with Gasteiger partial charge in [0.15, 0.2) is 0 Å². The summed E-state index contributed by atoms with van der Waals surface area (Å²) in [5, 5.41) is 0. The molecule has 1 aromatic rings. The molecule has 3 aliphatic carbocycles. The van der Waals surface area contributed by atoms with Crippen LogP contribution in [0.2, 0.25) is 13.1 Å². The van der Waals surface area contributed by atoms with Gasteiger partial charge in [0.1, 0.15) is 17.8 Å². The van der Waals surface area contributed by atoms with E-state index < -0.39 is 19.5 Å². The second-order valence-electron chi connectivity index (χ2n) is 11.0. The highest BCUT2D eigenvalue weighted by Crippen LogP contribution is 2.64. The third-order valence-corrected chi connectivity index (χ3v) is 9.36. The summed E-state index contributed by atoms with van der Waals surface area (Å²) < 4.78 is 12.8. The van der Waals surface area contributed by atoms with Gasteiger partial charge in [-0.05, 0) is 71.9 Å². The van der Waals surface area contributed by atoms with Gasteiger partial charge in [-0.25, -0.2) is 0 Å². The summed E-state index contributed by atoms with van der Waals surface area (Å²) >= 11 is 0. The molecule has 1 unspecified atom stereocenters. The van der Waals surface area contributed by atoms with Gasteiger partial charge >= 0.3 is 0 Å². The van der Waals surface area contributed by atoms with Gasteiger partial charge in [0.2, 0.25) is 19.5 Å². The van der Waals surface area contributed by atoms with E-state index in [1.165, 1.54) is 43.2 Å². The first-order chi connectivity index (χ1) is 15.2. The second kappa shape index (κ2) is 10.3. The lowest BCUT2D eigenvalue weighted by molar-refractivity contribution is -0.108. The number of carbonyl (C=O) groups is 1. The molecule has 5 heteroatoms. The van der Waals surface area contributed by atoms with Gasteiger partial charge in [-0.15, -0.1) is 0 Å². The van der Waals surface area contributed by atoms with E-state index in [0.717, 1.165) is 29.8 Å². The van der Waals surface area contributed by atoms with Crippen LogP contribution >= 0.6 is 0 Å². The summed E-state index contributed by atoms with van der Waals surface area (Å²) in [7, 11) is -1.28. The van der Waals surface area contributed by atoms with Crippen molar-refractivity contribution in [1.82, 2.24) is 0 Å². The maximum absolute atomic E-state index is 11.9. The Kier molecular flexibility index (Phi) is 8.13. The molecule has 3 aliphatic rings. The minimum atomic E-state index is -0.639. The Morgan fingerprint density at radius 2 is 1.72 bits per heavy atom. The average Bonchev–Trinajstić information content (AvgIpc) is 2.76. The van der Waals surface area contributed by atoms with E-state index in [0.29, 0.717) is 11.8 Å². The number of aldehydes is 1. The molecule has 3 atom stereocenters. The van der Waals surface area contributed by atoms with Gasteiger partial charge in [0.05, 0.1) is 0 Å². The molecule has 0 aliphatic heterocycles. The minimum Gasteiger partial charge on any atom is -0.549 e. The van der Waals surface area contributed by atoms with E-state index in [9.17, 15) is 4.79 Å². The van der Waals surface area contributed by atoms with Crippen molar-refractivity contribution in [2.75, 3.05) is 0 Å². The monoisotopic (exact) mass is 472 g/mol. The molecule has 1 fully saturated rings. The zero-order chi connectivity index (χ0) is 23.5. The first-order valence-corrected chi connectivity index (χ1v) is 16.8.